The summed E-state index contributed by atoms with van der Waals surface area (Å²) in [6, 6.07) is 0.241. The zero-order valence-corrected chi connectivity index (χ0v) is 9.57. The van der Waals surface area contributed by atoms with Crippen molar-refractivity contribution in [2.45, 2.75) is 33.2 Å². The zero-order chi connectivity index (χ0) is 11.3. The van der Waals surface area contributed by atoms with E-state index >= 15 is 0 Å². The molecule has 1 aromatic rings. The van der Waals surface area contributed by atoms with Gasteiger partial charge in [-0.2, -0.15) is 0 Å². The van der Waals surface area contributed by atoms with Gasteiger partial charge in [-0.25, -0.2) is 4.98 Å². The molecule has 0 saturated carbocycles. The Hall–Kier alpha value is -1.16. The van der Waals surface area contributed by atoms with Gasteiger partial charge in [-0.3, -0.25) is 4.98 Å². The average Bonchev–Trinajstić information content (AvgIpc) is 2.20. The number of rotatable bonds is 5. The summed E-state index contributed by atoms with van der Waals surface area (Å²) >= 11 is 0. The maximum atomic E-state index is 8.96. The van der Waals surface area contributed by atoms with Gasteiger partial charge < -0.3 is 10.4 Å². The lowest BCUT2D eigenvalue weighted by Crippen LogP contribution is -2.27. The number of hydrogen-bond donors (Lipinski definition) is 2. The highest BCUT2D eigenvalue weighted by Crippen LogP contribution is 2.14. The first kappa shape index (κ1) is 11.9. The highest BCUT2D eigenvalue weighted by Gasteiger charge is 2.13. The number of aliphatic hydroxyl groups excluding tert-OH is 1. The fourth-order valence-corrected chi connectivity index (χ4v) is 1.44. The van der Waals surface area contributed by atoms with Gasteiger partial charge in [0.2, 0.25) is 0 Å². The molecular weight excluding hydrogens is 190 g/mol. The highest BCUT2D eigenvalue weighted by atomic mass is 16.3. The molecule has 0 amide bonds. The van der Waals surface area contributed by atoms with E-state index in [2.05, 4.69) is 29.1 Å². The van der Waals surface area contributed by atoms with E-state index in [1.807, 2.05) is 6.92 Å². The first-order chi connectivity index (χ1) is 7.15. The molecule has 2 N–H and O–H groups in total. The van der Waals surface area contributed by atoms with E-state index in [1.54, 1.807) is 12.4 Å². The molecule has 0 spiro atoms. The standard InChI is InChI=1S/C11H19N3O/c1-8(2)10(4-7-15)14-11-9(3)12-5-6-13-11/h5-6,8,10,15H,4,7H2,1-3H3,(H,13,14). The lowest BCUT2D eigenvalue weighted by molar-refractivity contribution is 0.267. The SMILES string of the molecule is Cc1nccnc1NC(CCO)C(C)C. The van der Waals surface area contributed by atoms with Crippen LogP contribution < -0.4 is 5.32 Å². The molecule has 0 bridgehead atoms. The van der Waals surface area contributed by atoms with Gasteiger partial charge in [-0.15, -0.1) is 0 Å². The minimum atomic E-state index is 0.190. The van der Waals surface area contributed by atoms with E-state index in [0.717, 1.165) is 17.9 Å². The van der Waals surface area contributed by atoms with E-state index in [0.29, 0.717) is 5.92 Å². The Morgan fingerprint density at radius 2 is 2.00 bits per heavy atom. The van der Waals surface area contributed by atoms with Gasteiger partial charge in [0.05, 0.1) is 5.69 Å². The summed E-state index contributed by atoms with van der Waals surface area (Å²) in [6.07, 6.45) is 4.08. The second kappa shape index (κ2) is 5.66. The number of aryl methyl sites for hydroxylation is 1. The molecule has 84 valence electrons. The van der Waals surface area contributed by atoms with Crippen molar-refractivity contribution in [2.75, 3.05) is 11.9 Å². The smallest absolute Gasteiger partial charge is 0.147 e. The molecule has 4 heteroatoms. The Balaban J connectivity index is 2.69. The summed E-state index contributed by atoms with van der Waals surface area (Å²) in [4.78, 5) is 8.39. The predicted octanol–water partition coefficient (Wildman–Crippen LogP) is 1.60. The van der Waals surface area contributed by atoms with Crippen LogP contribution >= 0.6 is 0 Å². The third-order valence-corrected chi connectivity index (χ3v) is 2.45. The topological polar surface area (TPSA) is 58.0 Å². The van der Waals surface area contributed by atoms with Crippen LogP contribution in [-0.4, -0.2) is 27.7 Å². The van der Waals surface area contributed by atoms with Crippen molar-refractivity contribution in [2.24, 2.45) is 5.92 Å². The van der Waals surface area contributed by atoms with Gasteiger partial charge in [0.25, 0.3) is 0 Å². The molecule has 1 rings (SSSR count). The molecule has 0 fully saturated rings. The molecule has 1 atom stereocenters. The van der Waals surface area contributed by atoms with Crippen molar-refractivity contribution in [3.8, 4) is 0 Å². The summed E-state index contributed by atoms with van der Waals surface area (Å²) in [5.41, 5.74) is 0.890. The Morgan fingerprint density at radius 1 is 1.33 bits per heavy atom. The number of nitrogens with zero attached hydrogens (tertiary/aromatic N) is 2. The third kappa shape index (κ3) is 3.47. The lowest BCUT2D eigenvalue weighted by atomic mass is 10.0. The fraction of sp³-hybridized carbons (Fsp3) is 0.636. The minimum Gasteiger partial charge on any atom is -0.396 e. The fourth-order valence-electron chi connectivity index (χ4n) is 1.44. The molecule has 0 aromatic carbocycles. The summed E-state index contributed by atoms with van der Waals surface area (Å²) in [5, 5.41) is 12.3. The van der Waals surface area contributed by atoms with E-state index in [4.69, 9.17) is 5.11 Å². The molecule has 4 nitrogen and oxygen atoms in total. The Kier molecular flexibility index (Phi) is 4.49. The summed E-state index contributed by atoms with van der Waals surface area (Å²) in [5.74, 6) is 1.27. The summed E-state index contributed by atoms with van der Waals surface area (Å²) in [7, 11) is 0. The van der Waals surface area contributed by atoms with Crippen LogP contribution in [0.2, 0.25) is 0 Å². The van der Waals surface area contributed by atoms with Crippen molar-refractivity contribution in [3.63, 3.8) is 0 Å². The number of anilines is 1. The molecule has 0 aliphatic rings. The van der Waals surface area contributed by atoms with Crippen molar-refractivity contribution < 1.29 is 5.11 Å². The number of aliphatic hydroxyl groups is 1. The van der Waals surface area contributed by atoms with Crippen LogP contribution in [0.25, 0.3) is 0 Å². The second-order valence-electron chi connectivity index (χ2n) is 4.00. The Labute approximate surface area is 90.8 Å². The number of aromatic nitrogens is 2. The lowest BCUT2D eigenvalue weighted by Gasteiger charge is -2.22. The maximum absolute atomic E-state index is 8.96. The quantitative estimate of drug-likeness (QED) is 0.773. The molecule has 1 aromatic heterocycles. The van der Waals surface area contributed by atoms with E-state index in [1.165, 1.54) is 0 Å². The Morgan fingerprint density at radius 3 is 2.53 bits per heavy atom. The molecule has 0 aliphatic carbocycles. The maximum Gasteiger partial charge on any atom is 0.147 e. The van der Waals surface area contributed by atoms with Gasteiger partial charge in [0, 0.05) is 25.0 Å². The number of hydrogen-bond acceptors (Lipinski definition) is 4. The van der Waals surface area contributed by atoms with Crippen molar-refractivity contribution in [3.05, 3.63) is 18.1 Å². The van der Waals surface area contributed by atoms with Crippen molar-refractivity contribution in [1.82, 2.24) is 9.97 Å². The molecule has 15 heavy (non-hydrogen) atoms. The first-order valence-corrected chi connectivity index (χ1v) is 5.30. The summed E-state index contributed by atoms with van der Waals surface area (Å²) < 4.78 is 0. The van der Waals surface area contributed by atoms with Gasteiger partial charge in [-0.05, 0) is 19.3 Å². The van der Waals surface area contributed by atoms with Gasteiger partial charge >= 0.3 is 0 Å². The molecule has 1 heterocycles. The van der Waals surface area contributed by atoms with Gasteiger partial charge in [0.1, 0.15) is 5.82 Å². The minimum absolute atomic E-state index is 0.190. The van der Waals surface area contributed by atoms with Crippen molar-refractivity contribution >= 4 is 5.82 Å². The normalized spacial score (nSPS) is 12.9. The highest BCUT2D eigenvalue weighted by molar-refractivity contribution is 5.39. The van der Waals surface area contributed by atoms with Crippen LogP contribution in [0.1, 0.15) is 26.0 Å². The Bertz CT molecular complexity index is 302. The average molecular weight is 209 g/mol. The van der Waals surface area contributed by atoms with E-state index < -0.39 is 0 Å². The summed E-state index contributed by atoms with van der Waals surface area (Å²) in [6.45, 7) is 6.36. The van der Waals surface area contributed by atoms with Crippen LogP contribution in [-0.2, 0) is 0 Å². The van der Waals surface area contributed by atoms with E-state index in [-0.39, 0.29) is 12.6 Å². The van der Waals surface area contributed by atoms with Crippen LogP contribution in [0, 0.1) is 12.8 Å². The first-order valence-electron chi connectivity index (χ1n) is 5.30. The van der Waals surface area contributed by atoms with Gasteiger partial charge in [-0.1, -0.05) is 13.8 Å². The largest absolute Gasteiger partial charge is 0.396 e. The zero-order valence-electron chi connectivity index (χ0n) is 9.57. The second-order valence-corrected chi connectivity index (χ2v) is 4.00. The molecule has 1 unspecified atom stereocenters. The van der Waals surface area contributed by atoms with Crippen LogP contribution in [0.4, 0.5) is 5.82 Å². The van der Waals surface area contributed by atoms with Crippen molar-refractivity contribution in [1.29, 1.82) is 0 Å². The molecule has 0 radical (unpaired) electrons. The van der Waals surface area contributed by atoms with Crippen LogP contribution in [0.3, 0.4) is 0 Å². The molecule has 0 saturated heterocycles. The molecular formula is C11H19N3O. The molecule has 0 aliphatic heterocycles. The van der Waals surface area contributed by atoms with Crippen LogP contribution in [0.5, 0.6) is 0 Å². The predicted molar refractivity (Wildman–Crippen MR) is 60.7 cm³/mol. The van der Waals surface area contributed by atoms with Crippen LogP contribution in [0.15, 0.2) is 12.4 Å². The number of nitrogens with one attached hydrogen (secondary N) is 1. The van der Waals surface area contributed by atoms with E-state index in [9.17, 15) is 0 Å². The third-order valence-electron chi connectivity index (χ3n) is 2.45. The van der Waals surface area contributed by atoms with Gasteiger partial charge in [0.15, 0.2) is 0 Å². The monoisotopic (exact) mass is 209 g/mol.